The van der Waals surface area contributed by atoms with Crippen molar-refractivity contribution in [3.63, 3.8) is 0 Å². The lowest BCUT2D eigenvalue weighted by Crippen LogP contribution is -2.60. The molecule has 2 aliphatic heterocycles. The van der Waals surface area contributed by atoms with Crippen molar-refractivity contribution in [2.24, 2.45) is 11.7 Å². The van der Waals surface area contributed by atoms with E-state index in [2.05, 4.69) is 25.7 Å². The van der Waals surface area contributed by atoms with Crippen LogP contribution in [0.3, 0.4) is 0 Å². The number of likely N-dealkylation sites (tertiary alicyclic amines) is 1. The van der Waals surface area contributed by atoms with Crippen molar-refractivity contribution in [1.82, 2.24) is 4.90 Å². The Morgan fingerprint density at radius 2 is 2.06 bits per heavy atom. The van der Waals surface area contributed by atoms with Crippen molar-refractivity contribution in [3.05, 3.63) is 0 Å². The number of rotatable bonds is 2. The molecule has 0 saturated carbocycles. The molecule has 0 aromatic carbocycles. The summed E-state index contributed by atoms with van der Waals surface area (Å²) in [6.07, 6.45) is 6.19. The molecule has 3 nitrogen and oxygen atoms in total. The van der Waals surface area contributed by atoms with Gasteiger partial charge >= 0.3 is 0 Å². The maximum Gasteiger partial charge on any atom is 0.0644 e. The van der Waals surface area contributed by atoms with Gasteiger partial charge in [-0.1, -0.05) is 6.92 Å². The Morgan fingerprint density at radius 3 is 2.72 bits per heavy atom. The zero-order chi connectivity index (χ0) is 13.2. The second-order valence-electron chi connectivity index (χ2n) is 6.99. The van der Waals surface area contributed by atoms with Gasteiger partial charge in [0.1, 0.15) is 0 Å². The molecule has 0 amide bonds. The largest absolute Gasteiger partial charge is 0.375 e. The van der Waals surface area contributed by atoms with E-state index in [1.54, 1.807) is 0 Å². The fourth-order valence-corrected chi connectivity index (χ4v) is 3.76. The molecular weight excluding hydrogens is 224 g/mol. The molecule has 106 valence electrons. The van der Waals surface area contributed by atoms with E-state index in [0.717, 1.165) is 31.9 Å². The molecule has 2 aliphatic rings. The van der Waals surface area contributed by atoms with E-state index < -0.39 is 0 Å². The van der Waals surface area contributed by atoms with Gasteiger partial charge in [-0.05, 0) is 65.0 Å². The molecular formula is C15H30N2O. The highest BCUT2D eigenvalue weighted by molar-refractivity contribution is 5.00. The first-order valence-electron chi connectivity index (χ1n) is 7.57. The van der Waals surface area contributed by atoms with Crippen LogP contribution in [0.1, 0.15) is 52.9 Å². The first-order valence-corrected chi connectivity index (χ1v) is 7.57. The van der Waals surface area contributed by atoms with Crippen LogP contribution >= 0.6 is 0 Å². The lowest BCUT2D eigenvalue weighted by atomic mass is 9.79. The summed E-state index contributed by atoms with van der Waals surface area (Å²) in [6.45, 7) is 10.9. The molecule has 2 saturated heterocycles. The van der Waals surface area contributed by atoms with E-state index in [4.69, 9.17) is 10.5 Å². The van der Waals surface area contributed by atoms with Crippen molar-refractivity contribution < 1.29 is 4.74 Å². The van der Waals surface area contributed by atoms with Crippen LogP contribution in [0.25, 0.3) is 0 Å². The monoisotopic (exact) mass is 254 g/mol. The van der Waals surface area contributed by atoms with Gasteiger partial charge < -0.3 is 10.5 Å². The number of hydrogen-bond donors (Lipinski definition) is 1. The summed E-state index contributed by atoms with van der Waals surface area (Å²) in [7, 11) is 0. The molecule has 2 rings (SSSR count). The summed E-state index contributed by atoms with van der Waals surface area (Å²) in [5, 5.41) is 0. The third-order valence-corrected chi connectivity index (χ3v) is 4.88. The second-order valence-corrected chi connectivity index (χ2v) is 6.99. The SMILES string of the molecule is CC1CCCN(C2(CN)CCOC(C)(C)C2)CC1. The van der Waals surface area contributed by atoms with Gasteiger partial charge in [0.15, 0.2) is 0 Å². The molecule has 18 heavy (non-hydrogen) atoms. The van der Waals surface area contributed by atoms with Gasteiger partial charge in [0, 0.05) is 18.7 Å². The molecule has 2 atom stereocenters. The van der Waals surface area contributed by atoms with Crippen LogP contribution in [0.5, 0.6) is 0 Å². The Balaban J connectivity index is 2.10. The molecule has 0 radical (unpaired) electrons. The van der Waals surface area contributed by atoms with Crippen LogP contribution in [0.15, 0.2) is 0 Å². The number of nitrogens with zero attached hydrogens (tertiary/aromatic N) is 1. The Morgan fingerprint density at radius 1 is 1.28 bits per heavy atom. The first-order chi connectivity index (χ1) is 8.47. The summed E-state index contributed by atoms with van der Waals surface area (Å²) < 4.78 is 5.88. The van der Waals surface area contributed by atoms with Crippen LogP contribution < -0.4 is 5.73 Å². The normalized spacial score (nSPS) is 38.3. The van der Waals surface area contributed by atoms with E-state index in [1.807, 2.05) is 0 Å². The highest BCUT2D eigenvalue weighted by Crippen LogP contribution is 2.37. The van der Waals surface area contributed by atoms with Gasteiger partial charge in [-0.15, -0.1) is 0 Å². The van der Waals surface area contributed by atoms with E-state index in [0.29, 0.717) is 0 Å². The fourth-order valence-electron chi connectivity index (χ4n) is 3.76. The third kappa shape index (κ3) is 3.06. The van der Waals surface area contributed by atoms with E-state index in [9.17, 15) is 0 Å². The molecule has 0 bridgehead atoms. The van der Waals surface area contributed by atoms with Gasteiger partial charge in [0.25, 0.3) is 0 Å². The molecule has 0 aliphatic carbocycles. The fraction of sp³-hybridized carbons (Fsp3) is 1.00. The minimum Gasteiger partial charge on any atom is -0.375 e. The van der Waals surface area contributed by atoms with Crippen LogP contribution in [-0.4, -0.2) is 42.3 Å². The zero-order valence-electron chi connectivity index (χ0n) is 12.4. The zero-order valence-corrected chi connectivity index (χ0v) is 12.4. The maximum atomic E-state index is 6.18. The number of ether oxygens (including phenoxy) is 1. The Kier molecular flexibility index (Phi) is 4.35. The van der Waals surface area contributed by atoms with Crippen molar-refractivity contribution in [3.8, 4) is 0 Å². The van der Waals surface area contributed by atoms with Gasteiger partial charge in [-0.2, -0.15) is 0 Å². The summed E-state index contributed by atoms with van der Waals surface area (Å²) in [5.74, 6) is 0.873. The average molecular weight is 254 g/mol. The smallest absolute Gasteiger partial charge is 0.0644 e. The number of hydrogen-bond acceptors (Lipinski definition) is 3. The lowest BCUT2D eigenvalue weighted by molar-refractivity contribution is -0.117. The third-order valence-electron chi connectivity index (χ3n) is 4.88. The molecule has 3 heteroatoms. The van der Waals surface area contributed by atoms with Crippen molar-refractivity contribution in [2.75, 3.05) is 26.2 Å². The van der Waals surface area contributed by atoms with Crippen LogP contribution in [0, 0.1) is 5.92 Å². The van der Waals surface area contributed by atoms with Crippen LogP contribution in [0.4, 0.5) is 0 Å². The Labute approximate surface area is 112 Å². The van der Waals surface area contributed by atoms with Gasteiger partial charge in [0.2, 0.25) is 0 Å². The summed E-state index contributed by atoms with van der Waals surface area (Å²) >= 11 is 0. The standard InChI is InChI=1S/C15H30N2O/c1-13-5-4-8-17(9-6-13)15(12-16)7-10-18-14(2,3)11-15/h13H,4-12,16H2,1-3H3. The summed E-state index contributed by atoms with van der Waals surface area (Å²) in [5.41, 5.74) is 6.35. The lowest BCUT2D eigenvalue weighted by Gasteiger charge is -2.50. The first kappa shape index (κ1) is 14.3. The predicted molar refractivity (Wildman–Crippen MR) is 75.6 cm³/mol. The van der Waals surface area contributed by atoms with Crippen LogP contribution in [-0.2, 0) is 4.74 Å². The molecule has 0 spiro atoms. The van der Waals surface area contributed by atoms with Crippen LogP contribution in [0.2, 0.25) is 0 Å². The minimum atomic E-state index is -0.0183. The van der Waals surface area contributed by atoms with E-state index in [-0.39, 0.29) is 11.1 Å². The Bertz CT molecular complexity index is 280. The van der Waals surface area contributed by atoms with Crippen molar-refractivity contribution in [2.45, 2.75) is 64.0 Å². The molecule has 2 fully saturated rings. The Hall–Kier alpha value is -0.120. The maximum absolute atomic E-state index is 6.18. The second kappa shape index (κ2) is 5.48. The van der Waals surface area contributed by atoms with E-state index >= 15 is 0 Å². The molecule has 0 aromatic heterocycles. The van der Waals surface area contributed by atoms with Gasteiger partial charge in [-0.25, -0.2) is 0 Å². The topological polar surface area (TPSA) is 38.5 Å². The highest BCUT2D eigenvalue weighted by Gasteiger charge is 2.44. The molecule has 2 unspecified atom stereocenters. The quantitative estimate of drug-likeness (QED) is 0.822. The van der Waals surface area contributed by atoms with Gasteiger partial charge in [0.05, 0.1) is 5.60 Å². The van der Waals surface area contributed by atoms with Crippen molar-refractivity contribution >= 4 is 0 Å². The minimum absolute atomic E-state index is 0.0183. The summed E-state index contributed by atoms with van der Waals surface area (Å²) in [6, 6.07) is 0. The predicted octanol–water partition coefficient (Wildman–Crippen LogP) is 2.39. The molecule has 2 heterocycles. The number of nitrogens with two attached hydrogens (primary N) is 1. The average Bonchev–Trinajstić information content (AvgIpc) is 2.53. The summed E-state index contributed by atoms with van der Waals surface area (Å²) in [4.78, 5) is 2.68. The molecule has 0 aromatic rings. The molecule has 2 N–H and O–H groups in total. The van der Waals surface area contributed by atoms with Crippen molar-refractivity contribution in [1.29, 1.82) is 0 Å². The highest BCUT2D eigenvalue weighted by atomic mass is 16.5. The van der Waals surface area contributed by atoms with E-state index in [1.165, 1.54) is 32.4 Å². The van der Waals surface area contributed by atoms with Gasteiger partial charge in [-0.3, -0.25) is 4.90 Å².